The number of hydrogen-bond donors (Lipinski definition) is 2. The summed E-state index contributed by atoms with van der Waals surface area (Å²) in [7, 11) is 0. The lowest BCUT2D eigenvalue weighted by Gasteiger charge is -2.60. The van der Waals surface area contributed by atoms with Gasteiger partial charge in [-0.05, 0) is 135 Å². The Morgan fingerprint density at radius 3 is 2.42 bits per heavy atom. The molecule has 0 spiro atoms. The van der Waals surface area contributed by atoms with E-state index in [0.29, 0.717) is 36.3 Å². The lowest BCUT2D eigenvalue weighted by Crippen LogP contribution is -2.70. The Morgan fingerprint density at radius 1 is 0.942 bits per heavy atom. The van der Waals surface area contributed by atoms with Crippen LogP contribution in [0.3, 0.4) is 0 Å². The normalized spacial score (nSPS) is 22.1. The van der Waals surface area contributed by atoms with Crippen molar-refractivity contribution >= 4 is 34.2 Å². The van der Waals surface area contributed by atoms with Crippen LogP contribution in [-0.2, 0) is 16.1 Å². The number of allylic oxidation sites excluding steroid dienone is 1. The number of oxime groups is 1. The van der Waals surface area contributed by atoms with Crippen molar-refractivity contribution in [2.45, 2.75) is 101 Å². The van der Waals surface area contributed by atoms with Crippen LogP contribution in [0.2, 0.25) is 0 Å². The standard InChI is InChI=1S/C58H65N3O7S/c1-5-32-66-58-53(61(56(64)42-26-24-40(38-59)25-27-42)39-44-19-15-18-41-16-9-10-22-47(41)44)37-51(60-68-57(2,3)4)49-35-43(17-11-13-30-62)48(23-12-14-31-63)54(55(49)58)50-36-45(28-29-52(50)67-58)65-33-34-69-46-20-7-6-8-21-46/h5-10,15-16,18-22,24-29,35-36,43,48,53-55,62-63H,1,11-14,17,23,30-34,37,39H2,2-4H3/t43-,48+,53-,54+,55+,58+/m0/s1. The maximum Gasteiger partial charge on any atom is 0.254 e. The highest BCUT2D eigenvalue weighted by molar-refractivity contribution is 7.99. The molecular weight excluding hydrogens is 883 g/mol. The molecule has 2 N–H and O–H groups in total. The SMILES string of the molecule is C=CCO[C@@]12Oc3ccc(OCCSc4ccccc4)cc3[C@H]3[C@H](CCCCO)[C@@H](CCCCO)C=C(C(=NOC(C)(C)C)C[C@@H]1N(Cc1cccc4ccccc14)C(=O)c1ccc(C#N)cc1)[C@H]32. The zero-order valence-corrected chi connectivity index (χ0v) is 40.9. The van der Waals surface area contributed by atoms with Gasteiger partial charge in [0.15, 0.2) is 0 Å². The first-order valence-corrected chi connectivity index (χ1v) is 25.4. The van der Waals surface area contributed by atoms with E-state index in [2.05, 4.69) is 61.2 Å². The van der Waals surface area contributed by atoms with Crippen LogP contribution >= 0.6 is 11.8 Å². The molecule has 1 saturated carbocycles. The second kappa shape index (κ2) is 22.7. The molecule has 0 unspecified atom stereocenters. The minimum Gasteiger partial charge on any atom is -0.493 e. The fraction of sp³-hybridized carbons (Fsp3) is 0.397. The molecule has 3 aliphatic rings. The quantitative estimate of drug-likeness (QED) is 0.0319. The summed E-state index contributed by atoms with van der Waals surface area (Å²) in [5, 5.41) is 37.0. The highest BCUT2D eigenvalue weighted by Crippen LogP contribution is 2.62. The second-order valence-corrected chi connectivity index (χ2v) is 20.4. The molecule has 10 nitrogen and oxygen atoms in total. The van der Waals surface area contributed by atoms with Crippen LogP contribution < -0.4 is 9.47 Å². The van der Waals surface area contributed by atoms with E-state index in [9.17, 15) is 15.5 Å². The predicted molar refractivity (Wildman–Crippen MR) is 273 cm³/mol. The van der Waals surface area contributed by atoms with Gasteiger partial charge >= 0.3 is 0 Å². The molecule has 6 atom stereocenters. The Balaban J connectivity index is 1.34. The van der Waals surface area contributed by atoms with Crippen LogP contribution in [0.25, 0.3) is 10.8 Å². The number of aliphatic hydroxyl groups excluding tert-OH is 2. The summed E-state index contributed by atoms with van der Waals surface area (Å²) in [5.74, 6) is -0.150. The van der Waals surface area contributed by atoms with E-state index in [-0.39, 0.29) is 56.4 Å². The van der Waals surface area contributed by atoms with Gasteiger partial charge in [-0.1, -0.05) is 90.8 Å². The molecule has 0 radical (unpaired) electrons. The zero-order valence-electron chi connectivity index (χ0n) is 40.1. The Labute approximate surface area is 411 Å². The summed E-state index contributed by atoms with van der Waals surface area (Å²) >= 11 is 1.75. The summed E-state index contributed by atoms with van der Waals surface area (Å²) < 4.78 is 21.4. The third-order valence-electron chi connectivity index (χ3n) is 13.6. The van der Waals surface area contributed by atoms with Gasteiger partial charge in [-0.2, -0.15) is 5.26 Å². The van der Waals surface area contributed by atoms with E-state index in [1.807, 2.05) is 74.2 Å². The van der Waals surface area contributed by atoms with Crippen molar-refractivity contribution in [3.63, 3.8) is 0 Å². The van der Waals surface area contributed by atoms with Crippen LogP contribution in [0.5, 0.6) is 11.5 Å². The molecule has 360 valence electrons. The molecule has 1 fully saturated rings. The van der Waals surface area contributed by atoms with Crippen molar-refractivity contribution < 1.29 is 34.1 Å². The van der Waals surface area contributed by atoms with Crippen LogP contribution in [0.1, 0.15) is 98.7 Å². The fourth-order valence-corrected chi connectivity index (χ4v) is 11.3. The predicted octanol–water partition coefficient (Wildman–Crippen LogP) is 11.7. The van der Waals surface area contributed by atoms with E-state index in [4.69, 9.17) is 24.2 Å². The molecule has 1 amide bonds. The molecule has 8 rings (SSSR count). The van der Waals surface area contributed by atoms with E-state index >= 15 is 4.79 Å². The van der Waals surface area contributed by atoms with Gasteiger partial charge in [0.25, 0.3) is 5.91 Å². The number of hydrogen-bond acceptors (Lipinski definition) is 10. The number of carbonyl (C=O) groups is 1. The van der Waals surface area contributed by atoms with Gasteiger partial charge in [0, 0.05) is 53.9 Å². The lowest BCUT2D eigenvalue weighted by molar-refractivity contribution is -0.255. The van der Waals surface area contributed by atoms with Crippen molar-refractivity contribution in [2.75, 3.05) is 32.2 Å². The minimum absolute atomic E-state index is 0.0477. The molecule has 1 aliphatic heterocycles. The molecule has 0 bridgehead atoms. The van der Waals surface area contributed by atoms with Crippen molar-refractivity contribution in [3.05, 3.63) is 162 Å². The van der Waals surface area contributed by atoms with Crippen LogP contribution in [0, 0.1) is 29.1 Å². The number of unbranched alkanes of at least 4 members (excludes halogenated alkanes) is 2. The summed E-state index contributed by atoms with van der Waals surface area (Å²) in [6.07, 6.45) is 8.95. The molecule has 1 heterocycles. The Bertz CT molecular complexity index is 2650. The van der Waals surface area contributed by atoms with Gasteiger partial charge in [0.1, 0.15) is 23.1 Å². The number of amides is 1. The van der Waals surface area contributed by atoms with E-state index < -0.39 is 23.3 Å². The number of nitrogens with zero attached hydrogens (tertiary/aromatic N) is 3. The largest absolute Gasteiger partial charge is 0.493 e. The highest BCUT2D eigenvalue weighted by Gasteiger charge is 2.65. The fourth-order valence-electron chi connectivity index (χ4n) is 10.6. The first-order chi connectivity index (χ1) is 33.6. The van der Waals surface area contributed by atoms with E-state index in [0.717, 1.165) is 70.4 Å². The number of carbonyl (C=O) groups excluding carboxylic acids is 1. The number of aliphatic hydroxyl groups is 2. The van der Waals surface area contributed by atoms with Gasteiger partial charge in [-0.25, -0.2) is 0 Å². The van der Waals surface area contributed by atoms with Crippen molar-refractivity contribution in [3.8, 4) is 17.6 Å². The third-order valence-corrected chi connectivity index (χ3v) is 14.5. The summed E-state index contributed by atoms with van der Waals surface area (Å²) in [4.78, 5) is 25.1. The van der Waals surface area contributed by atoms with Crippen LogP contribution in [0.15, 0.2) is 150 Å². The number of benzene rings is 5. The van der Waals surface area contributed by atoms with Crippen LogP contribution in [0.4, 0.5) is 0 Å². The van der Waals surface area contributed by atoms with Gasteiger partial charge < -0.3 is 34.2 Å². The maximum absolute atomic E-state index is 15.7. The first-order valence-electron chi connectivity index (χ1n) is 24.4. The van der Waals surface area contributed by atoms with Crippen molar-refractivity contribution in [1.82, 2.24) is 4.90 Å². The number of fused-ring (bicyclic) bond motifs is 3. The van der Waals surface area contributed by atoms with E-state index in [1.165, 1.54) is 4.90 Å². The Morgan fingerprint density at radius 2 is 1.68 bits per heavy atom. The molecule has 5 aromatic rings. The van der Waals surface area contributed by atoms with Gasteiger partial charge in [-0.15, -0.1) is 18.3 Å². The minimum atomic E-state index is -1.47. The third kappa shape index (κ3) is 11.3. The van der Waals surface area contributed by atoms with Gasteiger partial charge in [0.05, 0.1) is 36.5 Å². The van der Waals surface area contributed by atoms with Crippen LogP contribution in [-0.4, -0.2) is 76.3 Å². The molecule has 2 aliphatic carbocycles. The molecule has 11 heteroatoms. The van der Waals surface area contributed by atoms with Gasteiger partial charge in [0.2, 0.25) is 5.79 Å². The lowest BCUT2D eigenvalue weighted by atomic mass is 9.55. The smallest absolute Gasteiger partial charge is 0.254 e. The number of ether oxygens (including phenoxy) is 3. The van der Waals surface area contributed by atoms with Crippen molar-refractivity contribution in [2.24, 2.45) is 22.9 Å². The first kappa shape index (κ1) is 49.5. The maximum atomic E-state index is 15.7. The number of rotatable bonds is 21. The number of thioether (sulfide) groups is 1. The zero-order chi connectivity index (χ0) is 48.4. The summed E-state index contributed by atoms with van der Waals surface area (Å²) in [5.41, 5.74) is 3.88. The monoisotopic (exact) mass is 947 g/mol. The van der Waals surface area contributed by atoms with Gasteiger partial charge in [-0.3, -0.25) is 4.79 Å². The molecular formula is C58H65N3O7S. The second-order valence-electron chi connectivity index (χ2n) is 19.2. The molecule has 0 saturated heterocycles. The molecule has 0 aromatic heterocycles. The highest BCUT2D eigenvalue weighted by atomic mass is 32.2. The average Bonchev–Trinajstić information content (AvgIpc) is 3.36. The summed E-state index contributed by atoms with van der Waals surface area (Å²) in [6.45, 7) is 11.1. The van der Waals surface area contributed by atoms with E-state index in [1.54, 1.807) is 42.1 Å². The van der Waals surface area contributed by atoms with Crippen molar-refractivity contribution in [1.29, 1.82) is 5.26 Å². The number of nitriles is 1. The average molecular weight is 948 g/mol. The molecule has 5 aromatic carbocycles. The summed E-state index contributed by atoms with van der Waals surface area (Å²) in [6, 6.07) is 39.0. The molecule has 69 heavy (non-hydrogen) atoms. The Hall–Kier alpha value is -5.90. The Kier molecular flexibility index (Phi) is 16.3. The topological polar surface area (TPSA) is 134 Å².